The molecule has 19 heavy (non-hydrogen) atoms. The van der Waals surface area contributed by atoms with Crippen molar-refractivity contribution in [2.45, 2.75) is 33.6 Å². The van der Waals surface area contributed by atoms with Crippen LogP contribution in [-0.2, 0) is 14.4 Å². The van der Waals surface area contributed by atoms with E-state index in [1.54, 1.807) is 13.1 Å². The van der Waals surface area contributed by atoms with E-state index < -0.39 is 5.92 Å². The number of rotatable bonds is 7. The number of amides is 1. The summed E-state index contributed by atoms with van der Waals surface area (Å²) in [6.07, 6.45) is 3.13. The zero-order chi connectivity index (χ0) is 14.4. The molecule has 0 radical (unpaired) electrons. The highest BCUT2D eigenvalue weighted by molar-refractivity contribution is 7.15. The third-order valence-electron chi connectivity index (χ3n) is 2.92. The molecule has 0 saturated heterocycles. The van der Waals surface area contributed by atoms with Crippen molar-refractivity contribution < 1.29 is 14.4 Å². The predicted octanol–water partition coefficient (Wildman–Crippen LogP) is 2.21. The van der Waals surface area contributed by atoms with Gasteiger partial charge < -0.3 is 10.1 Å². The number of nitrogens with zero attached hydrogens (tertiary/aromatic N) is 1. The Hall–Kier alpha value is -1.56. The summed E-state index contributed by atoms with van der Waals surface area (Å²) in [5.74, 6) is -1.04. The molecule has 5 nitrogen and oxygen atoms in total. The molecule has 0 aliphatic carbocycles. The van der Waals surface area contributed by atoms with Crippen LogP contribution >= 0.6 is 11.3 Å². The normalized spacial score (nSPS) is 13.6. The fraction of sp³-hybridized carbons (Fsp3) is 0.538. The van der Waals surface area contributed by atoms with Crippen LogP contribution in [0.25, 0.3) is 0 Å². The molecule has 1 amide bonds. The van der Waals surface area contributed by atoms with Crippen LogP contribution in [-0.4, -0.2) is 23.0 Å². The predicted molar refractivity (Wildman–Crippen MR) is 74.1 cm³/mol. The highest BCUT2D eigenvalue weighted by Crippen LogP contribution is 2.19. The molecule has 0 saturated carbocycles. The smallest absolute Gasteiger partial charge is 0.226 e. The molecule has 1 heterocycles. The van der Waals surface area contributed by atoms with E-state index in [1.165, 1.54) is 18.3 Å². The maximum atomic E-state index is 11.7. The van der Waals surface area contributed by atoms with Crippen LogP contribution in [0.3, 0.4) is 0 Å². The van der Waals surface area contributed by atoms with Gasteiger partial charge in [0.25, 0.3) is 0 Å². The van der Waals surface area contributed by atoms with E-state index in [2.05, 4.69) is 10.3 Å². The topological polar surface area (TPSA) is 76.1 Å². The Morgan fingerprint density at radius 1 is 1.53 bits per heavy atom. The largest absolute Gasteiger partial charge is 0.303 e. The van der Waals surface area contributed by atoms with Crippen molar-refractivity contribution in [1.29, 1.82) is 0 Å². The van der Waals surface area contributed by atoms with Crippen molar-refractivity contribution in [3.8, 4) is 0 Å². The molecule has 2 atom stereocenters. The zero-order valence-corrected chi connectivity index (χ0v) is 12.1. The molecule has 6 heteroatoms. The van der Waals surface area contributed by atoms with E-state index in [0.29, 0.717) is 17.8 Å². The van der Waals surface area contributed by atoms with Gasteiger partial charge in [0.15, 0.2) is 5.13 Å². The summed E-state index contributed by atoms with van der Waals surface area (Å²) in [6, 6.07) is 0. The highest BCUT2D eigenvalue weighted by Gasteiger charge is 2.21. The second-order valence-electron chi connectivity index (χ2n) is 4.61. The minimum Gasteiger partial charge on any atom is -0.303 e. The van der Waals surface area contributed by atoms with Gasteiger partial charge in [0.2, 0.25) is 5.91 Å². The van der Waals surface area contributed by atoms with Gasteiger partial charge in [-0.05, 0) is 26.2 Å². The van der Waals surface area contributed by atoms with Crippen molar-refractivity contribution in [1.82, 2.24) is 4.98 Å². The summed E-state index contributed by atoms with van der Waals surface area (Å²) >= 11 is 1.41. The quantitative estimate of drug-likeness (QED) is 0.614. The van der Waals surface area contributed by atoms with Gasteiger partial charge in [0, 0.05) is 17.5 Å². The van der Waals surface area contributed by atoms with Crippen molar-refractivity contribution in [2.75, 3.05) is 5.32 Å². The number of nitrogens with one attached hydrogen (secondary N) is 1. The summed E-state index contributed by atoms with van der Waals surface area (Å²) in [5, 5.41) is 3.28. The van der Waals surface area contributed by atoms with Crippen LogP contribution in [0.1, 0.15) is 31.6 Å². The fourth-order valence-electron chi connectivity index (χ4n) is 1.76. The molecule has 0 aliphatic heterocycles. The van der Waals surface area contributed by atoms with Gasteiger partial charge in [-0.3, -0.25) is 9.59 Å². The van der Waals surface area contributed by atoms with Crippen molar-refractivity contribution >= 4 is 34.4 Å². The van der Waals surface area contributed by atoms with Crippen LogP contribution < -0.4 is 5.32 Å². The Balaban J connectivity index is 2.41. The molecule has 0 spiro atoms. The number of carbonyl (C=O) groups is 3. The Kier molecular flexibility index (Phi) is 5.82. The number of anilines is 1. The van der Waals surface area contributed by atoms with Gasteiger partial charge in [0.05, 0.1) is 5.92 Å². The summed E-state index contributed by atoms with van der Waals surface area (Å²) in [6.45, 7) is 5.12. The number of aryl methyl sites for hydroxylation is 1. The fourth-order valence-corrected chi connectivity index (χ4v) is 2.44. The highest BCUT2D eigenvalue weighted by atomic mass is 32.1. The van der Waals surface area contributed by atoms with Crippen molar-refractivity contribution in [3.63, 3.8) is 0 Å². The van der Waals surface area contributed by atoms with E-state index in [9.17, 15) is 14.4 Å². The molecule has 0 aliphatic rings. The van der Waals surface area contributed by atoms with E-state index >= 15 is 0 Å². The molecule has 0 bridgehead atoms. The van der Waals surface area contributed by atoms with Gasteiger partial charge in [-0.15, -0.1) is 11.3 Å². The molecule has 1 aromatic heterocycles. The van der Waals surface area contributed by atoms with Crippen LogP contribution in [0.4, 0.5) is 5.13 Å². The van der Waals surface area contributed by atoms with Crippen LogP contribution in [0.5, 0.6) is 0 Å². The first-order valence-corrected chi connectivity index (χ1v) is 6.93. The number of hydrogen-bond donors (Lipinski definition) is 1. The molecule has 0 fully saturated rings. The number of aldehydes is 1. The third-order valence-corrected chi connectivity index (χ3v) is 3.75. The van der Waals surface area contributed by atoms with Crippen LogP contribution in [0.15, 0.2) is 6.20 Å². The van der Waals surface area contributed by atoms with Gasteiger partial charge in [0.1, 0.15) is 12.1 Å². The van der Waals surface area contributed by atoms with Gasteiger partial charge in [-0.25, -0.2) is 4.98 Å². The first kappa shape index (κ1) is 15.5. The maximum absolute atomic E-state index is 11.7. The SMILES string of the molecule is CC(=O)C(C=O)C(C)CCC(=O)Nc1ncc(C)s1. The van der Waals surface area contributed by atoms with E-state index in [0.717, 1.165) is 4.88 Å². The van der Waals surface area contributed by atoms with E-state index in [4.69, 9.17) is 0 Å². The summed E-state index contributed by atoms with van der Waals surface area (Å²) < 4.78 is 0. The Morgan fingerprint density at radius 3 is 2.68 bits per heavy atom. The molecule has 1 aromatic rings. The van der Waals surface area contributed by atoms with E-state index in [-0.39, 0.29) is 24.0 Å². The van der Waals surface area contributed by atoms with E-state index in [1.807, 2.05) is 6.92 Å². The third kappa shape index (κ3) is 4.90. The summed E-state index contributed by atoms with van der Waals surface area (Å²) in [7, 11) is 0. The van der Waals surface area contributed by atoms with Crippen LogP contribution in [0.2, 0.25) is 0 Å². The average Bonchev–Trinajstić information content (AvgIpc) is 2.72. The summed E-state index contributed by atoms with van der Waals surface area (Å²) in [4.78, 5) is 38.8. The number of carbonyl (C=O) groups excluding carboxylic acids is 3. The zero-order valence-electron chi connectivity index (χ0n) is 11.3. The maximum Gasteiger partial charge on any atom is 0.226 e. The number of ketones is 1. The van der Waals surface area contributed by atoms with Crippen molar-refractivity contribution in [3.05, 3.63) is 11.1 Å². The molecule has 104 valence electrons. The minimum atomic E-state index is -0.616. The second-order valence-corrected chi connectivity index (χ2v) is 5.85. The van der Waals surface area contributed by atoms with Crippen molar-refractivity contribution in [2.24, 2.45) is 11.8 Å². The molecule has 0 aromatic carbocycles. The first-order chi connectivity index (χ1) is 8.93. The Labute approximate surface area is 116 Å². The lowest BCUT2D eigenvalue weighted by atomic mass is 9.88. The Bertz CT molecular complexity index is 470. The number of thiazole rings is 1. The van der Waals surface area contributed by atoms with Gasteiger partial charge in [-0.2, -0.15) is 0 Å². The molecule has 1 N–H and O–H groups in total. The van der Waals surface area contributed by atoms with Gasteiger partial charge in [-0.1, -0.05) is 6.92 Å². The number of Topliss-reactive ketones (excluding diaryl/α,β-unsaturated/α-hetero) is 1. The van der Waals surface area contributed by atoms with Crippen LogP contribution in [0, 0.1) is 18.8 Å². The first-order valence-electron chi connectivity index (χ1n) is 6.12. The molecular weight excluding hydrogens is 264 g/mol. The Morgan fingerprint density at radius 2 is 2.21 bits per heavy atom. The lowest BCUT2D eigenvalue weighted by Gasteiger charge is -2.15. The minimum absolute atomic E-state index is 0.126. The lowest BCUT2D eigenvalue weighted by molar-refractivity contribution is -0.128. The second kappa shape index (κ2) is 7.13. The standard InChI is InChI=1S/C13H18N2O3S/c1-8(11(7-16)10(3)17)4-5-12(18)15-13-14-6-9(2)19-13/h6-8,11H,4-5H2,1-3H3,(H,14,15,18). The lowest BCUT2D eigenvalue weighted by Crippen LogP contribution is -2.22. The number of hydrogen-bond acceptors (Lipinski definition) is 5. The molecular formula is C13H18N2O3S. The molecule has 1 rings (SSSR count). The molecule has 2 unspecified atom stereocenters. The average molecular weight is 282 g/mol. The number of aromatic nitrogens is 1. The monoisotopic (exact) mass is 282 g/mol. The van der Waals surface area contributed by atoms with Gasteiger partial charge >= 0.3 is 0 Å². The summed E-state index contributed by atoms with van der Waals surface area (Å²) in [5.41, 5.74) is 0.